The highest BCUT2D eigenvalue weighted by molar-refractivity contribution is 6.03. The Morgan fingerprint density at radius 1 is 0.412 bits per heavy atom. The van der Waals surface area contributed by atoms with Gasteiger partial charge in [-0.1, -0.05) is 135 Å². The second-order valence-corrected chi connectivity index (χ2v) is 17.9. The zero-order valence-corrected chi connectivity index (χ0v) is 38.5. The van der Waals surface area contributed by atoms with Crippen molar-refractivity contribution in [3.63, 3.8) is 0 Å². The third-order valence-electron chi connectivity index (χ3n) is 14.3. The lowest BCUT2D eigenvalue weighted by molar-refractivity contribution is -0.757. The minimum atomic E-state index is 0.0132. The van der Waals surface area contributed by atoms with E-state index in [0.29, 0.717) is 0 Å². The zero-order chi connectivity index (χ0) is 45.6. The van der Waals surface area contributed by atoms with Crippen molar-refractivity contribution in [1.82, 2.24) is 0 Å². The summed E-state index contributed by atoms with van der Waals surface area (Å²) in [6.45, 7) is 4.70. The summed E-state index contributed by atoms with van der Waals surface area (Å²) in [6, 6.07) is 86.1. The van der Waals surface area contributed by atoms with Crippen LogP contribution in [-0.2, 0) is 12.0 Å². The predicted octanol–water partition coefficient (Wildman–Crippen LogP) is 17.1. The summed E-state index contributed by atoms with van der Waals surface area (Å²) >= 11 is 0. The first-order valence-electron chi connectivity index (χ1n) is 23.9. The number of hydrogen-bond acceptors (Lipinski definition) is 4. The molecule has 9 aromatic carbocycles. The van der Waals surface area contributed by atoms with Crippen molar-refractivity contribution in [3.05, 3.63) is 248 Å². The molecule has 0 N–H and O–H groups in total. The molecule has 68 heavy (non-hydrogen) atoms. The Kier molecular flexibility index (Phi) is 10.3. The van der Waals surface area contributed by atoms with Crippen LogP contribution in [0.25, 0.3) is 22.0 Å². The molecule has 5 nitrogen and oxygen atoms in total. The van der Waals surface area contributed by atoms with Crippen LogP contribution in [0.5, 0.6) is 0 Å². The van der Waals surface area contributed by atoms with Gasteiger partial charge in [0.2, 0.25) is 5.69 Å². The van der Waals surface area contributed by atoms with E-state index in [0.717, 1.165) is 87.5 Å². The summed E-state index contributed by atoms with van der Waals surface area (Å²) in [5.74, 6) is 0. The second-order valence-electron chi connectivity index (χ2n) is 17.9. The molecule has 0 fully saturated rings. The Morgan fingerprint density at radius 2 is 0.838 bits per heavy atom. The molecule has 0 amide bonds. The molecule has 12 rings (SSSR count). The van der Waals surface area contributed by atoms with E-state index >= 15 is 0 Å². The molecule has 3 heterocycles. The van der Waals surface area contributed by atoms with E-state index in [2.05, 4.69) is 281 Å². The van der Waals surface area contributed by atoms with E-state index in [1.165, 1.54) is 27.6 Å². The molecule has 0 atom stereocenters. The van der Waals surface area contributed by atoms with Gasteiger partial charge < -0.3 is 19.6 Å². The van der Waals surface area contributed by atoms with Gasteiger partial charge in [-0.2, -0.15) is 4.57 Å². The topological polar surface area (TPSA) is 16.8 Å². The van der Waals surface area contributed by atoms with E-state index in [1.54, 1.807) is 0 Å². The summed E-state index contributed by atoms with van der Waals surface area (Å²) < 4.78 is 2.61. The normalized spacial score (nSPS) is 13.3. The van der Waals surface area contributed by atoms with Crippen LogP contribution in [0, 0.1) is 0 Å². The van der Waals surface area contributed by atoms with Crippen LogP contribution in [0.2, 0.25) is 0 Å². The van der Waals surface area contributed by atoms with Crippen molar-refractivity contribution in [2.24, 2.45) is 0 Å². The molecule has 0 spiro atoms. The lowest BCUT2D eigenvalue weighted by Gasteiger charge is -2.41. The van der Waals surface area contributed by atoms with Crippen LogP contribution in [0.15, 0.2) is 243 Å². The number of rotatable bonds is 10. The first kappa shape index (κ1) is 41.1. The Balaban J connectivity index is 1.08. The molecule has 0 unspecified atom stereocenters. The Hall–Kier alpha value is -8.41. The lowest BCUT2D eigenvalue weighted by Crippen LogP contribution is -2.60. The Morgan fingerprint density at radius 3 is 1.31 bits per heavy atom. The maximum atomic E-state index is 2.61. The monoisotopic (exact) mass is 878 g/mol. The second kappa shape index (κ2) is 17.1. The van der Waals surface area contributed by atoms with Gasteiger partial charge in [0.25, 0.3) is 0 Å². The smallest absolute Gasteiger partial charge is 0.221 e. The fraction of sp³-hybridized carbons (Fsp3) is 0.0952. The maximum absolute atomic E-state index is 2.61. The van der Waals surface area contributed by atoms with Crippen LogP contribution in [0.1, 0.15) is 32.3 Å². The lowest BCUT2D eigenvalue weighted by atomic mass is 9.78. The van der Waals surface area contributed by atoms with E-state index in [9.17, 15) is 0 Å². The van der Waals surface area contributed by atoms with Gasteiger partial charge in [0, 0.05) is 53.8 Å². The van der Waals surface area contributed by atoms with Crippen molar-refractivity contribution >= 4 is 79.0 Å². The third kappa shape index (κ3) is 6.89. The quantitative estimate of drug-likeness (QED) is 0.127. The summed E-state index contributed by atoms with van der Waals surface area (Å²) in [5.41, 5.74) is 17.0. The number of para-hydroxylation sites is 8. The highest BCUT2D eigenvalue weighted by atomic mass is 15.3. The van der Waals surface area contributed by atoms with Crippen molar-refractivity contribution in [2.45, 2.75) is 38.6 Å². The number of aromatic nitrogens is 1. The number of anilines is 12. The van der Waals surface area contributed by atoms with Crippen LogP contribution in [-0.4, -0.2) is 0 Å². The molecule has 0 saturated carbocycles. The average molecular weight is 879 g/mol. The number of hydrogen-bond donors (Lipinski definition) is 0. The average Bonchev–Trinajstić information content (AvgIpc) is 3.41. The van der Waals surface area contributed by atoms with Crippen LogP contribution >= 0.6 is 0 Å². The minimum Gasteiger partial charge on any atom is -0.310 e. The number of fused-ring (bicyclic) bond motifs is 7. The van der Waals surface area contributed by atoms with Gasteiger partial charge in [-0.15, -0.1) is 0 Å². The Bertz CT molecular complexity index is 3200. The van der Waals surface area contributed by atoms with E-state index in [-0.39, 0.29) is 5.54 Å². The number of nitrogens with zero attached hydrogens (tertiary/aromatic N) is 5. The molecule has 0 radical (unpaired) electrons. The van der Waals surface area contributed by atoms with Gasteiger partial charge in [-0.25, -0.2) is 0 Å². The van der Waals surface area contributed by atoms with Crippen LogP contribution in [0.4, 0.5) is 68.2 Å². The summed E-state index contributed by atoms with van der Waals surface area (Å²) in [4.78, 5) is 9.68. The van der Waals surface area contributed by atoms with Crippen molar-refractivity contribution in [1.29, 1.82) is 0 Å². The molecule has 0 aliphatic carbocycles. The van der Waals surface area contributed by atoms with Gasteiger partial charge in [-0.3, -0.25) is 0 Å². The fourth-order valence-electron chi connectivity index (χ4n) is 10.9. The molecule has 0 saturated heterocycles. The van der Waals surface area contributed by atoms with Gasteiger partial charge >= 0.3 is 0 Å². The molecule has 328 valence electrons. The SMILES string of the molecule is CCC1(CC)Cc2ccc(N3c4ccccc4N(c4cc(N(c5ccccc5)c5ccccc5)cc(N(c5ccccc5)c5ccccc5)c4)c4ccccc43)cc2-c2c3ccccc3cc[n+]21. The Labute approximate surface area is 399 Å². The molecule has 2 aliphatic heterocycles. The predicted molar refractivity (Wildman–Crippen MR) is 284 cm³/mol. The first-order chi connectivity index (χ1) is 33.6. The molecule has 2 aliphatic rings. The largest absolute Gasteiger partial charge is 0.310 e. The fourth-order valence-corrected chi connectivity index (χ4v) is 10.9. The maximum Gasteiger partial charge on any atom is 0.221 e. The van der Waals surface area contributed by atoms with Crippen molar-refractivity contribution < 1.29 is 4.57 Å². The van der Waals surface area contributed by atoms with Crippen LogP contribution < -0.4 is 24.2 Å². The number of pyridine rings is 1. The van der Waals surface area contributed by atoms with E-state index in [1.807, 2.05) is 0 Å². The van der Waals surface area contributed by atoms with E-state index < -0.39 is 0 Å². The van der Waals surface area contributed by atoms with Gasteiger partial charge in [0.1, 0.15) is 0 Å². The molecule has 10 aromatic rings. The first-order valence-corrected chi connectivity index (χ1v) is 23.9. The van der Waals surface area contributed by atoms with E-state index in [4.69, 9.17) is 0 Å². The minimum absolute atomic E-state index is 0.0132. The molecule has 1 aromatic heterocycles. The summed E-state index contributed by atoms with van der Waals surface area (Å²) in [7, 11) is 0. The molecule has 0 bridgehead atoms. The summed E-state index contributed by atoms with van der Waals surface area (Å²) in [6.07, 6.45) is 5.47. The molecular formula is C63H52N5+. The van der Waals surface area contributed by atoms with Gasteiger partial charge in [0.15, 0.2) is 11.7 Å². The highest BCUT2D eigenvalue weighted by Gasteiger charge is 2.45. The third-order valence-corrected chi connectivity index (χ3v) is 14.3. The summed E-state index contributed by atoms with van der Waals surface area (Å²) in [5, 5.41) is 2.56. The standard InChI is InChI=1S/C63H52N5/c1-3-63(4-2)45-47-37-38-52(44-57(47)62-56-32-18-17-23-46(56)39-40-64(62)63)67-58-33-19-21-35-60(58)68(61-36-22-20-34-59(61)67)55-42-53(65(48-24-9-5-10-25-48)49-26-11-6-12-27-49)41-54(43-55)66(50-28-13-7-14-29-50)51-30-15-8-16-31-51/h5-44H,3-4,45H2,1-2H3/q+1. The van der Waals surface area contributed by atoms with Crippen LogP contribution in [0.3, 0.4) is 0 Å². The van der Waals surface area contributed by atoms with Gasteiger partial charge in [0.05, 0.1) is 50.8 Å². The molecule has 5 heteroatoms. The zero-order valence-electron chi connectivity index (χ0n) is 38.5. The highest BCUT2D eigenvalue weighted by Crippen LogP contribution is 2.56. The molecular weight excluding hydrogens is 827 g/mol. The number of benzene rings is 9. The van der Waals surface area contributed by atoms with Crippen molar-refractivity contribution in [2.75, 3.05) is 19.6 Å². The van der Waals surface area contributed by atoms with Gasteiger partial charge in [-0.05, 0) is 120 Å². The van der Waals surface area contributed by atoms with Crippen molar-refractivity contribution in [3.8, 4) is 11.3 Å².